The van der Waals surface area contributed by atoms with E-state index in [9.17, 15) is 14.0 Å². The van der Waals surface area contributed by atoms with Gasteiger partial charge in [-0.25, -0.2) is 4.39 Å². The van der Waals surface area contributed by atoms with Gasteiger partial charge in [0.05, 0.1) is 0 Å². The summed E-state index contributed by atoms with van der Waals surface area (Å²) in [6, 6.07) is 14.9. The number of benzene rings is 2. The maximum Gasteiger partial charge on any atom is 0.269 e. The van der Waals surface area contributed by atoms with Crippen LogP contribution in [0.3, 0.4) is 0 Å². The van der Waals surface area contributed by atoms with Gasteiger partial charge in [0, 0.05) is 24.0 Å². The first kappa shape index (κ1) is 20.2. The van der Waals surface area contributed by atoms with E-state index in [1.807, 2.05) is 32.0 Å². The van der Waals surface area contributed by atoms with Crippen LogP contribution >= 0.6 is 0 Å². The van der Waals surface area contributed by atoms with Crippen LogP contribution in [0.25, 0.3) is 0 Å². The third-order valence-electron chi connectivity index (χ3n) is 4.50. The summed E-state index contributed by atoms with van der Waals surface area (Å²) in [6.45, 7) is 4.29. The molecule has 2 N–H and O–H groups in total. The minimum atomic E-state index is -0.367. The second kappa shape index (κ2) is 9.10. The van der Waals surface area contributed by atoms with Crippen molar-refractivity contribution in [2.75, 3.05) is 11.9 Å². The minimum Gasteiger partial charge on any atom is -0.350 e. The molecule has 3 aromatic rings. The summed E-state index contributed by atoms with van der Waals surface area (Å²) in [4.78, 5) is 29.0. The predicted molar refractivity (Wildman–Crippen MR) is 111 cm³/mol. The molecule has 0 bridgehead atoms. The Kier molecular flexibility index (Phi) is 6.34. The summed E-state index contributed by atoms with van der Waals surface area (Å²) in [5, 5.41) is 5.63. The van der Waals surface area contributed by atoms with Gasteiger partial charge >= 0.3 is 0 Å². The molecule has 2 aromatic carbocycles. The lowest BCUT2D eigenvalue weighted by Gasteiger charge is -2.10. The first-order valence-corrected chi connectivity index (χ1v) is 9.29. The maximum atomic E-state index is 12.9. The summed E-state index contributed by atoms with van der Waals surface area (Å²) in [5.74, 6) is -0.967. The summed E-state index contributed by atoms with van der Waals surface area (Å²) in [5.41, 5.74) is 4.24. The van der Waals surface area contributed by atoms with Crippen molar-refractivity contribution >= 4 is 17.5 Å². The molecule has 6 heteroatoms. The van der Waals surface area contributed by atoms with E-state index in [0.29, 0.717) is 18.5 Å². The van der Waals surface area contributed by atoms with Crippen molar-refractivity contribution in [3.05, 3.63) is 94.6 Å². The molecule has 5 nitrogen and oxygen atoms in total. The van der Waals surface area contributed by atoms with Crippen molar-refractivity contribution in [1.82, 2.24) is 10.3 Å². The van der Waals surface area contributed by atoms with Gasteiger partial charge in [0.15, 0.2) is 0 Å². The molecule has 0 saturated carbocycles. The second-order valence-electron chi connectivity index (χ2n) is 6.83. The van der Waals surface area contributed by atoms with E-state index in [0.717, 1.165) is 22.4 Å². The first-order chi connectivity index (χ1) is 13.9. The number of halogens is 1. The van der Waals surface area contributed by atoms with E-state index in [-0.39, 0.29) is 23.3 Å². The van der Waals surface area contributed by atoms with Crippen LogP contribution in [0.15, 0.2) is 60.8 Å². The summed E-state index contributed by atoms with van der Waals surface area (Å²) < 4.78 is 12.9. The number of anilines is 1. The molecular formula is C23H22FN3O2. The largest absolute Gasteiger partial charge is 0.350 e. The van der Waals surface area contributed by atoms with E-state index >= 15 is 0 Å². The van der Waals surface area contributed by atoms with E-state index < -0.39 is 0 Å². The van der Waals surface area contributed by atoms with Crippen LogP contribution in [-0.4, -0.2) is 23.3 Å². The Balaban J connectivity index is 1.61. The SMILES string of the molecule is Cc1ccc(NC(=O)c2ccnc(C(=O)NCCc3ccc(F)cc3)c2)c(C)c1. The topological polar surface area (TPSA) is 71.1 Å². The molecule has 29 heavy (non-hydrogen) atoms. The monoisotopic (exact) mass is 391 g/mol. The number of carbonyl (C=O) groups is 2. The van der Waals surface area contributed by atoms with E-state index in [2.05, 4.69) is 15.6 Å². The molecule has 0 spiro atoms. The molecule has 0 radical (unpaired) electrons. The van der Waals surface area contributed by atoms with Gasteiger partial charge in [-0.15, -0.1) is 0 Å². The highest BCUT2D eigenvalue weighted by atomic mass is 19.1. The Bertz CT molecular complexity index is 1030. The number of amides is 2. The summed E-state index contributed by atoms with van der Waals surface area (Å²) in [6.07, 6.45) is 2.00. The highest BCUT2D eigenvalue weighted by Gasteiger charge is 2.13. The lowest BCUT2D eigenvalue weighted by Crippen LogP contribution is -2.27. The number of nitrogens with one attached hydrogen (secondary N) is 2. The van der Waals surface area contributed by atoms with Crippen molar-refractivity contribution in [3.63, 3.8) is 0 Å². The molecule has 0 unspecified atom stereocenters. The van der Waals surface area contributed by atoms with Gasteiger partial charge in [0.2, 0.25) is 0 Å². The quantitative estimate of drug-likeness (QED) is 0.666. The third-order valence-corrected chi connectivity index (χ3v) is 4.50. The van der Waals surface area contributed by atoms with Gasteiger partial charge in [0.25, 0.3) is 11.8 Å². The Hall–Kier alpha value is -3.54. The molecule has 148 valence electrons. The molecule has 1 heterocycles. The fraction of sp³-hybridized carbons (Fsp3) is 0.174. The van der Waals surface area contributed by atoms with Crippen molar-refractivity contribution in [2.45, 2.75) is 20.3 Å². The number of hydrogen-bond donors (Lipinski definition) is 2. The minimum absolute atomic E-state index is 0.164. The van der Waals surface area contributed by atoms with Gasteiger partial charge in [-0.2, -0.15) is 0 Å². The highest BCUT2D eigenvalue weighted by Crippen LogP contribution is 2.17. The smallest absolute Gasteiger partial charge is 0.269 e. The molecule has 3 rings (SSSR count). The Morgan fingerprint density at radius 2 is 1.72 bits per heavy atom. The lowest BCUT2D eigenvalue weighted by atomic mass is 10.1. The van der Waals surface area contributed by atoms with E-state index in [1.165, 1.54) is 24.4 Å². The second-order valence-corrected chi connectivity index (χ2v) is 6.83. The number of carbonyl (C=O) groups excluding carboxylic acids is 2. The number of pyridine rings is 1. The zero-order valence-corrected chi connectivity index (χ0v) is 16.3. The fourth-order valence-electron chi connectivity index (χ4n) is 2.91. The zero-order chi connectivity index (χ0) is 20.8. The number of hydrogen-bond acceptors (Lipinski definition) is 3. The summed E-state index contributed by atoms with van der Waals surface area (Å²) in [7, 11) is 0. The van der Waals surface area contributed by atoms with Crippen LogP contribution in [-0.2, 0) is 6.42 Å². The Morgan fingerprint density at radius 3 is 2.45 bits per heavy atom. The van der Waals surface area contributed by atoms with Gasteiger partial charge in [-0.1, -0.05) is 29.8 Å². The average Bonchev–Trinajstić information content (AvgIpc) is 2.71. The Morgan fingerprint density at radius 1 is 0.966 bits per heavy atom. The van der Waals surface area contributed by atoms with Crippen LogP contribution in [0, 0.1) is 19.7 Å². The van der Waals surface area contributed by atoms with E-state index in [4.69, 9.17) is 0 Å². The number of rotatable bonds is 6. The molecule has 1 aromatic heterocycles. The van der Waals surface area contributed by atoms with Gasteiger partial charge in [-0.3, -0.25) is 14.6 Å². The van der Waals surface area contributed by atoms with Crippen LogP contribution in [0.5, 0.6) is 0 Å². The molecule has 0 aliphatic carbocycles. The fourth-order valence-corrected chi connectivity index (χ4v) is 2.91. The van der Waals surface area contributed by atoms with Gasteiger partial charge < -0.3 is 10.6 Å². The van der Waals surface area contributed by atoms with Crippen LogP contribution < -0.4 is 10.6 Å². The number of nitrogens with zero attached hydrogens (tertiary/aromatic N) is 1. The molecular weight excluding hydrogens is 369 g/mol. The van der Waals surface area contributed by atoms with Gasteiger partial charge in [-0.05, 0) is 61.7 Å². The maximum absolute atomic E-state index is 12.9. The Labute approximate surface area is 169 Å². The molecule has 0 saturated heterocycles. The number of aryl methyl sites for hydroxylation is 2. The van der Waals surface area contributed by atoms with Crippen molar-refractivity contribution < 1.29 is 14.0 Å². The van der Waals surface area contributed by atoms with Crippen molar-refractivity contribution in [1.29, 1.82) is 0 Å². The standard InChI is InChI=1S/C23H22FN3O2/c1-15-3-8-20(16(2)13-15)27-22(28)18-10-12-25-21(14-18)23(29)26-11-9-17-4-6-19(24)7-5-17/h3-8,10,12-14H,9,11H2,1-2H3,(H,26,29)(H,27,28). The van der Waals surface area contributed by atoms with E-state index in [1.54, 1.807) is 18.2 Å². The normalized spacial score (nSPS) is 10.4. The third kappa shape index (κ3) is 5.48. The zero-order valence-electron chi connectivity index (χ0n) is 16.3. The highest BCUT2D eigenvalue weighted by molar-refractivity contribution is 6.06. The molecule has 2 amide bonds. The van der Waals surface area contributed by atoms with Crippen LogP contribution in [0.1, 0.15) is 37.5 Å². The predicted octanol–water partition coefficient (Wildman–Crippen LogP) is 4.06. The van der Waals surface area contributed by atoms with Crippen molar-refractivity contribution in [2.24, 2.45) is 0 Å². The average molecular weight is 391 g/mol. The van der Waals surface area contributed by atoms with Crippen LogP contribution in [0.2, 0.25) is 0 Å². The number of aromatic nitrogens is 1. The lowest BCUT2D eigenvalue weighted by molar-refractivity contribution is 0.0949. The van der Waals surface area contributed by atoms with Crippen LogP contribution in [0.4, 0.5) is 10.1 Å². The first-order valence-electron chi connectivity index (χ1n) is 9.29. The molecule has 0 fully saturated rings. The van der Waals surface area contributed by atoms with Crippen molar-refractivity contribution in [3.8, 4) is 0 Å². The molecule has 0 atom stereocenters. The molecule has 0 aliphatic rings. The summed E-state index contributed by atoms with van der Waals surface area (Å²) >= 11 is 0. The van der Waals surface area contributed by atoms with Gasteiger partial charge in [0.1, 0.15) is 11.5 Å². The molecule has 0 aliphatic heterocycles.